The van der Waals surface area contributed by atoms with Crippen LogP contribution in [0.3, 0.4) is 0 Å². The van der Waals surface area contributed by atoms with E-state index in [9.17, 15) is 0 Å². The van der Waals surface area contributed by atoms with Crippen molar-refractivity contribution in [3.63, 3.8) is 0 Å². The van der Waals surface area contributed by atoms with Gasteiger partial charge in [-0.3, -0.25) is 4.99 Å². The van der Waals surface area contributed by atoms with Gasteiger partial charge in [-0.15, -0.1) is 0 Å². The van der Waals surface area contributed by atoms with Crippen LogP contribution >= 0.6 is 0 Å². The second-order valence-electron chi connectivity index (χ2n) is 28.2. The normalized spacial score (nSPS) is 16.9. The van der Waals surface area contributed by atoms with E-state index in [1.807, 2.05) is 18.2 Å². The summed E-state index contributed by atoms with van der Waals surface area (Å²) in [7, 11) is 0. The van der Waals surface area contributed by atoms with Crippen molar-refractivity contribution in [1.29, 1.82) is 0 Å². The van der Waals surface area contributed by atoms with E-state index in [1.165, 1.54) is 77.9 Å². The summed E-state index contributed by atoms with van der Waals surface area (Å²) >= 11 is 0. The fourth-order valence-corrected chi connectivity index (χ4v) is 17.8. The van der Waals surface area contributed by atoms with Gasteiger partial charge in [-0.2, -0.15) is 0 Å². The molecule has 0 unspecified atom stereocenters. The maximum atomic E-state index is 5.93. The Kier molecular flexibility index (Phi) is 14.8. The molecule has 0 saturated carbocycles. The molecule has 4 nitrogen and oxygen atoms in total. The predicted molar refractivity (Wildman–Crippen MR) is 440 cm³/mol. The minimum atomic E-state index is -0.724. The monoisotopic (exact) mass is 1350 g/mol. The SMILES string of the molecule is C=C1/C=C\C=C/C/N=C(c2ccc(-c3nc(-c4ccc(-c5cc(-c6ccccc6)c6ccccc6n5)cc4)c4cc(-c5ccc6c(c5)C5(c7ccccc7-c7ccccc75)c5ccccc5-6)cc(-c5ccc6c(c5)C5(C(=C)/C=C\C=C/C6)c6ccccc6-c6ccccc65)c4n3)cc2)\C=C/1c1ccccc1. The summed E-state index contributed by atoms with van der Waals surface area (Å²) in [5, 5.41) is 2.03. The van der Waals surface area contributed by atoms with Crippen LogP contribution in [0.1, 0.15) is 55.6 Å². The smallest absolute Gasteiger partial charge is 0.160 e. The molecule has 4 heteroatoms. The highest BCUT2D eigenvalue weighted by Gasteiger charge is 2.52. The molecule has 0 atom stereocenters. The highest BCUT2D eigenvalue weighted by Crippen LogP contribution is 2.64. The van der Waals surface area contributed by atoms with Crippen molar-refractivity contribution < 1.29 is 0 Å². The first-order valence-corrected chi connectivity index (χ1v) is 36.5. The van der Waals surface area contributed by atoms with Crippen molar-refractivity contribution in [1.82, 2.24) is 15.0 Å². The van der Waals surface area contributed by atoms with Crippen molar-refractivity contribution in [3.05, 3.63) is 444 Å². The average Bonchev–Trinajstić information content (AvgIpc) is 1.52. The fourth-order valence-electron chi connectivity index (χ4n) is 17.8. The Balaban J connectivity index is 0.843. The predicted octanol–water partition coefficient (Wildman–Crippen LogP) is 24.6. The summed E-state index contributed by atoms with van der Waals surface area (Å²) in [6.45, 7) is 10.1. The van der Waals surface area contributed by atoms with E-state index in [-0.39, 0.29) is 0 Å². The number of aromatic nitrogens is 3. The molecule has 0 amide bonds. The van der Waals surface area contributed by atoms with E-state index in [4.69, 9.17) is 26.5 Å². The van der Waals surface area contributed by atoms with E-state index in [0.29, 0.717) is 12.4 Å². The minimum absolute atomic E-state index is 0.518. The quantitative estimate of drug-likeness (QED) is 0.152. The summed E-state index contributed by atoms with van der Waals surface area (Å²) < 4.78 is 0. The molecule has 5 aliphatic rings. The lowest BCUT2D eigenvalue weighted by Gasteiger charge is -2.36. The number of hydrogen-bond donors (Lipinski definition) is 0. The number of hydrogen-bond acceptors (Lipinski definition) is 4. The molecule has 20 rings (SSSR count). The minimum Gasteiger partial charge on any atom is -0.281 e. The topological polar surface area (TPSA) is 51.0 Å². The molecular formula is C102H68N4. The van der Waals surface area contributed by atoms with E-state index < -0.39 is 10.8 Å². The van der Waals surface area contributed by atoms with Gasteiger partial charge in [-0.1, -0.05) is 335 Å². The molecule has 496 valence electrons. The molecule has 4 aliphatic carbocycles. The molecule has 0 bridgehead atoms. The third-order valence-corrected chi connectivity index (χ3v) is 22.6. The molecule has 3 heterocycles. The second-order valence-corrected chi connectivity index (χ2v) is 28.2. The van der Waals surface area contributed by atoms with E-state index in [2.05, 4.69) is 352 Å². The Morgan fingerprint density at radius 3 is 1.51 bits per heavy atom. The molecule has 0 fully saturated rings. The Hall–Kier alpha value is -13.5. The van der Waals surface area contributed by atoms with Crippen LogP contribution in [0.4, 0.5) is 0 Å². The lowest BCUT2D eigenvalue weighted by atomic mass is 9.65. The molecule has 0 N–H and O–H groups in total. The first-order chi connectivity index (χ1) is 52.4. The van der Waals surface area contributed by atoms with Crippen LogP contribution in [-0.4, -0.2) is 27.2 Å². The second kappa shape index (κ2) is 25.2. The molecule has 2 aromatic heterocycles. The molecule has 106 heavy (non-hydrogen) atoms. The van der Waals surface area contributed by atoms with Gasteiger partial charge >= 0.3 is 0 Å². The van der Waals surface area contributed by atoms with E-state index in [1.54, 1.807) is 0 Å². The third-order valence-electron chi connectivity index (χ3n) is 22.6. The van der Waals surface area contributed by atoms with Crippen molar-refractivity contribution in [2.75, 3.05) is 6.54 Å². The molecule has 13 aromatic carbocycles. The lowest BCUT2D eigenvalue weighted by Crippen LogP contribution is -2.30. The molecule has 2 spiro atoms. The standard InChI is InChI=1S/C102H68N4/c1-65-27-7-6-26-58-103-96(63-84(65)67-29-9-4-10-30-67)70-49-53-73(54-50-70)100-105-98(72-51-47-71(48-52-72)97-64-85(68-31-11-5-12-32-68)83-39-19-25-45-95(83)104-97)87-60-76(74-56-57-82-81-38-18-24-44-92(81)102(94(82)61-74)90-42-22-16-36-79(90)80-37-17-23-43-91(80)102)59-86(99(87)106-100)75-55-46-69-33-13-3-8-28-66(2)101(93(69)62-75)88-40-20-14-34-77(88)78-35-15-21-41-89(78)101/h3-32,34-57,59-64H,1-2,33,58H2/b13-3-,26-6-,27-7-,28-8-,84-63+,103-96+. The number of benzene rings is 13. The third kappa shape index (κ3) is 9.82. The van der Waals surface area contributed by atoms with Gasteiger partial charge in [-0.25, -0.2) is 15.0 Å². The van der Waals surface area contributed by atoms with Gasteiger partial charge in [-0.05, 0) is 182 Å². The number of para-hydroxylation sites is 1. The van der Waals surface area contributed by atoms with Crippen LogP contribution in [0.25, 0.3) is 128 Å². The first kappa shape index (κ1) is 62.3. The number of pyridine rings is 1. The van der Waals surface area contributed by atoms with E-state index >= 15 is 0 Å². The number of allylic oxidation sites excluding steroid dienone is 11. The average molecular weight is 1350 g/mol. The van der Waals surface area contributed by atoms with Crippen LogP contribution < -0.4 is 0 Å². The van der Waals surface area contributed by atoms with Crippen LogP contribution in [0, 0.1) is 0 Å². The summed E-state index contributed by atoms with van der Waals surface area (Å²) in [4.78, 5) is 22.3. The number of fused-ring (bicyclic) bond motifs is 19. The Morgan fingerprint density at radius 2 is 0.840 bits per heavy atom. The zero-order valence-electron chi connectivity index (χ0n) is 58.3. The van der Waals surface area contributed by atoms with Gasteiger partial charge in [0.05, 0.1) is 45.5 Å². The number of rotatable bonds is 8. The zero-order chi connectivity index (χ0) is 70.5. The number of aliphatic imine (C=N–C) groups is 1. The van der Waals surface area contributed by atoms with Crippen LogP contribution in [0.15, 0.2) is 393 Å². The first-order valence-electron chi connectivity index (χ1n) is 36.5. The van der Waals surface area contributed by atoms with Gasteiger partial charge in [0.25, 0.3) is 0 Å². The van der Waals surface area contributed by atoms with Crippen LogP contribution in [0.2, 0.25) is 0 Å². The summed E-state index contributed by atoms with van der Waals surface area (Å²) in [5.74, 6) is 0.600. The van der Waals surface area contributed by atoms with Gasteiger partial charge < -0.3 is 0 Å². The maximum absolute atomic E-state index is 5.93. The Morgan fingerprint density at radius 1 is 0.311 bits per heavy atom. The van der Waals surface area contributed by atoms with Gasteiger partial charge in [0.15, 0.2) is 5.82 Å². The van der Waals surface area contributed by atoms with Gasteiger partial charge in [0, 0.05) is 33.0 Å². The summed E-state index contributed by atoms with van der Waals surface area (Å²) in [5.41, 5.74) is 34.8. The summed E-state index contributed by atoms with van der Waals surface area (Å²) in [6, 6.07) is 114. The molecule has 0 radical (unpaired) electrons. The Labute approximate surface area is 617 Å². The molecule has 15 aromatic rings. The van der Waals surface area contributed by atoms with Gasteiger partial charge in [0.1, 0.15) is 0 Å². The van der Waals surface area contributed by atoms with Gasteiger partial charge in [0.2, 0.25) is 0 Å². The van der Waals surface area contributed by atoms with Crippen LogP contribution in [-0.2, 0) is 17.3 Å². The molecule has 1 aliphatic heterocycles. The Bertz CT molecular complexity index is 6290. The summed E-state index contributed by atoms with van der Waals surface area (Å²) in [6.07, 6.45) is 20.0. The fraction of sp³-hybridized carbons (Fsp3) is 0.0392. The highest BCUT2D eigenvalue weighted by atomic mass is 14.9. The lowest BCUT2D eigenvalue weighted by molar-refractivity contribution is 0.760. The van der Waals surface area contributed by atoms with E-state index in [0.717, 1.165) is 123 Å². The maximum Gasteiger partial charge on any atom is 0.160 e. The van der Waals surface area contributed by atoms with Crippen LogP contribution in [0.5, 0.6) is 0 Å². The number of nitrogens with zero attached hydrogens (tertiary/aromatic N) is 4. The molecular weight excluding hydrogens is 1280 g/mol. The largest absolute Gasteiger partial charge is 0.281 e. The van der Waals surface area contributed by atoms with Crippen molar-refractivity contribution in [2.45, 2.75) is 17.3 Å². The molecule has 0 saturated heterocycles. The van der Waals surface area contributed by atoms with Crippen molar-refractivity contribution in [3.8, 4) is 101 Å². The van der Waals surface area contributed by atoms with Crippen molar-refractivity contribution in [2.24, 2.45) is 4.99 Å². The zero-order valence-corrected chi connectivity index (χ0v) is 58.3. The van der Waals surface area contributed by atoms with Crippen molar-refractivity contribution >= 4 is 33.1 Å². The highest BCUT2D eigenvalue weighted by molar-refractivity contribution is 6.14.